The molecule has 0 amide bonds. The van der Waals surface area contributed by atoms with E-state index in [9.17, 15) is 25.2 Å². The predicted octanol–water partition coefficient (Wildman–Crippen LogP) is -6.66. The quantitative estimate of drug-likeness (QED) is 0.203. The summed E-state index contributed by atoms with van der Waals surface area (Å²) >= 11 is 0. The third-order valence-corrected chi connectivity index (χ3v) is 0. The summed E-state index contributed by atoms with van der Waals surface area (Å²) in [6, 6.07) is 0. The molecule has 0 aromatic heterocycles. The summed E-state index contributed by atoms with van der Waals surface area (Å²) in [5.41, 5.74) is 0. The lowest BCUT2D eigenvalue weighted by atomic mass is 15.8. The summed E-state index contributed by atoms with van der Waals surface area (Å²) in [6.45, 7) is 0. The van der Waals surface area contributed by atoms with Gasteiger partial charge in [-0.1, -0.05) is 0 Å². The monoisotopic (exact) mass is 589 g/mol. The number of rotatable bonds is 0. The molecule has 192 valence electrons. The molecule has 0 spiro atoms. The van der Waals surface area contributed by atoms with Gasteiger partial charge in [-0.25, -0.2) is 21.0 Å². The van der Waals surface area contributed by atoms with E-state index >= 15 is 0 Å². The van der Waals surface area contributed by atoms with Crippen molar-refractivity contribution in [3.05, 3.63) is 0 Å². The van der Waals surface area contributed by atoms with E-state index in [0.717, 1.165) is 0 Å². The van der Waals surface area contributed by atoms with Gasteiger partial charge >= 0.3 is 7.91 Å². The first-order chi connectivity index (χ1) is 12.0. The average molecular weight is 589 g/mol. The maximum absolute atomic E-state index is 10.2. The molecule has 0 aromatic carbocycles. The minimum Gasteiger partial charge on any atom is -0.786 e. The van der Waals surface area contributed by atoms with Gasteiger partial charge in [0, 0.05) is 0 Å². The third-order valence-electron chi connectivity index (χ3n) is 0. The molecule has 30 heavy (non-hydrogen) atoms. The van der Waals surface area contributed by atoms with Crippen LogP contribution in [0.5, 0.6) is 0 Å². The van der Waals surface area contributed by atoms with Crippen LogP contribution in [0, 0.1) is 0 Å². The van der Waals surface area contributed by atoms with Crippen LogP contribution in [-0.4, -0.2) is 4.89 Å². The molecule has 0 aliphatic heterocycles. The number of hydrogen-bond acceptors (Lipinski definition) is 17. The van der Waals surface area contributed by atoms with Crippen LogP contribution in [0.2, 0.25) is 0 Å². The molecular formula is HF6O18P6-11. The topological polar surface area (TPSA) is 376 Å². The van der Waals surface area contributed by atoms with Crippen molar-refractivity contribution in [3.8, 4) is 0 Å². The van der Waals surface area contributed by atoms with Gasteiger partial charge in [0.2, 0.25) is 0 Å². The largest absolute Gasteiger partial charge is 0.786 e. The van der Waals surface area contributed by atoms with Gasteiger partial charge in [0.05, 0.1) is 0 Å². The highest BCUT2D eigenvalue weighted by atomic mass is 31.2. The second-order valence-electron chi connectivity index (χ2n) is 2.60. The molecule has 0 aromatic rings. The summed E-state index contributed by atoms with van der Waals surface area (Å²) in [5, 5.41) is 0. The van der Waals surface area contributed by atoms with E-state index in [1.54, 1.807) is 0 Å². The first-order valence-electron chi connectivity index (χ1n) is 4.32. The van der Waals surface area contributed by atoms with Gasteiger partial charge in [-0.3, -0.25) is 4.57 Å². The summed E-state index contributed by atoms with van der Waals surface area (Å²) in [7, 11) is -33.6. The van der Waals surface area contributed by atoms with Gasteiger partial charge in [0.25, 0.3) is 0 Å². The zero-order valence-corrected chi connectivity index (χ0v) is 17.7. The molecule has 1 N–H and O–H groups in total. The standard InChI is InChI=1S/6FH2O3P/c6*1-5(2,3)4/h6*(H2,2,3,4)/p-11. The van der Waals surface area contributed by atoms with Crippen LogP contribution in [0.25, 0.3) is 0 Å². The highest BCUT2D eigenvalue weighted by Gasteiger charge is 1.87. The Labute approximate surface area is 159 Å². The second-order valence-corrected chi connectivity index (χ2v) is 7.81. The lowest BCUT2D eigenvalue weighted by Crippen LogP contribution is -2.07. The summed E-state index contributed by atoms with van der Waals surface area (Å²) in [6.07, 6.45) is 0. The van der Waals surface area contributed by atoms with Gasteiger partial charge in [-0.2, -0.15) is 4.20 Å². The normalized spacial score (nSPS) is 13.4. The van der Waals surface area contributed by atoms with Crippen molar-refractivity contribution in [2.75, 3.05) is 0 Å². The molecule has 0 fully saturated rings. The average Bonchev–Trinajstić information content (AvgIpc) is 1.94. The van der Waals surface area contributed by atoms with Gasteiger partial charge in [0.1, 0.15) is 39.5 Å². The maximum atomic E-state index is 10.2. The van der Waals surface area contributed by atoms with Gasteiger partial charge < -0.3 is 81.5 Å². The van der Waals surface area contributed by atoms with E-state index < -0.39 is 47.4 Å². The lowest BCUT2D eigenvalue weighted by molar-refractivity contribution is -0.330. The van der Waals surface area contributed by atoms with E-state index in [0.29, 0.717) is 0 Å². The molecule has 0 bridgehead atoms. The molecule has 0 heterocycles. The van der Waals surface area contributed by atoms with Crippen molar-refractivity contribution in [1.82, 2.24) is 0 Å². The summed E-state index contributed by atoms with van der Waals surface area (Å²) in [4.78, 5) is 99.8. The van der Waals surface area contributed by atoms with E-state index in [1.807, 2.05) is 0 Å². The van der Waals surface area contributed by atoms with Crippen LogP contribution in [-0.2, 0) is 27.4 Å². The van der Waals surface area contributed by atoms with Crippen molar-refractivity contribution in [2.24, 2.45) is 0 Å². The second kappa shape index (κ2) is 18.0. The van der Waals surface area contributed by atoms with Crippen molar-refractivity contribution in [2.45, 2.75) is 0 Å². The van der Waals surface area contributed by atoms with Crippen molar-refractivity contribution in [3.63, 3.8) is 0 Å². The Balaban J connectivity index is -0.0000000576. The third kappa shape index (κ3) is 93300. The highest BCUT2D eigenvalue weighted by Crippen LogP contribution is 2.29. The molecule has 1 atom stereocenters. The molecular weight excluding hydrogens is 588 g/mol. The van der Waals surface area contributed by atoms with E-state index in [4.69, 9.17) is 86.1 Å². The first kappa shape index (κ1) is 44.2. The SMILES string of the molecule is O=P([O-])(O)F.O=P([O-])([O-])F.O=P([O-])([O-])F.O=P([O-])([O-])F.O=P([O-])([O-])F.O=P([O-])([O-])F. The Morgan fingerprint density at radius 1 is 0.367 bits per heavy atom. The van der Waals surface area contributed by atoms with Gasteiger partial charge in [0.15, 0.2) is 0 Å². The zero-order valence-electron chi connectivity index (χ0n) is 12.3. The molecule has 1 unspecified atom stereocenters. The molecule has 0 radical (unpaired) electrons. The first-order valence-corrected chi connectivity index (χ1v) is 13.0. The maximum Gasteiger partial charge on any atom is 0.305 e. The van der Waals surface area contributed by atoms with Crippen LogP contribution in [0.1, 0.15) is 0 Å². The zero-order chi connectivity index (χ0) is 27.0. The summed E-state index contributed by atoms with van der Waals surface area (Å²) < 4.78 is 112. The fourth-order valence-corrected chi connectivity index (χ4v) is 0. The fourth-order valence-electron chi connectivity index (χ4n) is 0. The Kier molecular flexibility index (Phi) is 26.5. The number of halogens is 6. The van der Waals surface area contributed by atoms with Crippen LogP contribution in [0.4, 0.5) is 25.2 Å². The van der Waals surface area contributed by atoms with E-state index in [2.05, 4.69) is 0 Å². The molecule has 0 aliphatic carbocycles. The Bertz CT molecular complexity index is 473. The molecule has 0 aliphatic rings. The molecule has 30 heteroatoms. The predicted molar refractivity (Wildman–Crippen MR) is 54.5 cm³/mol. The van der Waals surface area contributed by atoms with Crippen molar-refractivity contribution >= 4 is 47.4 Å². The van der Waals surface area contributed by atoms with Gasteiger partial charge in [-0.15, -0.1) is 0 Å². The van der Waals surface area contributed by atoms with Crippen molar-refractivity contribution in [1.29, 1.82) is 0 Å². The molecule has 0 saturated heterocycles. The minimum absolute atomic E-state index is 5.39. The number of hydrogen-bond donors (Lipinski definition) is 1. The Morgan fingerprint density at radius 2 is 0.367 bits per heavy atom. The molecule has 18 nitrogen and oxygen atoms in total. The van der Waals surface area contributed by atoms with Crippen LogP contribution in [0.15, 0.2) is 0 Å². The minimum atomic E-state index is -5.64. The molecule has 0 rings (SSSR count). The van der Waals surface area contributed by atoms with E-state index in [1.165, 1.54) is 0 Å². The molecule has 0 saturated carbocycles. The Morgan fingerprint density at radius 3 is 0.367 bits per heavy atom. The van der Waals surface area contributed by atoms with Crippen LogP contribution < -0.4 is 53.8 Å². The lowest BCUT2D eigenvalue weighted by Gasteiger charge is -2.15. The van der Waals surface area contributed by atoms with Crippen molar-refractivity contribution < 1.29 is 111 Å². The Hall–Kier alpha value is 0.480. The van der Waals surface area contributed by atoms with Crippen LogP contribution >= 0.6 is 47.4 Å². The van der Waals surface area contributed by atoms with Gasteiger partial charge in [-0.05, 0) is 0 Å². The highest BCUT2D eigenvalue weighted by molar-refractivity contribution is 7.44. The van der Waals surface area contributed by atoms with E-state index in [-0.39, 0.29) is 0 Å². The fraction of sp³-hybridized carbons (Fsp3) is 0. The summed E-state index contributed by atoms with van der Waals surface area (Å²) in [5.74, 6) is 0. The van der Waals surface area contributed by atoms with Crippen LogP contribution in [0.3, 0.4) is 0 Å². The smallest absolute Gasteiger partial charge is 0.305 e.